The van der Waals surface area contributed by atoms with Crippen molar-refractivity contribution in [3.63, 3.8) is 0 Å². The molecule has 3 heterocycles. The fourth-order valence-corrected chi connectivity index (χ4v) is 7.34. The molecular weight excluding hydrogens is 502 g/mol. The van der Waals surface area contributed by atoms with Gasteiger partial charge in [0, 0.05) is 17.3 Å². The molecule has 0 bridgehead atoms. The summed E-state index contributed by atoms with van der Waals surface area (Å²) in [7, 11) is -3.14. The second-order valence-electron chi connectivity index (χ2n) is 8.28. The van der Waals surface area contributed by atoms with Crippen molar-refractivity contribution in [3.05, 3.63) is 71.3 Å². The summed E-state index contributed by atoms with van der Waals surface area (Å²) in [5.74, 6) is 0.508. The first kappa shape index (κ1) is 23.8. The van der Waals surface area contributed by atoms with Crippen molar-refractivity contribution in [2.45, 2.75) is 19.4 Å². The fraction of sp³-hybridized carbons (Fsp3) is 0.240. The summed E-state index contributed by atoms with van der Waals surface area (Å²) in [6.45, 7) is 2.48. The maximum absolute atomic E-state index is 13.3. The van der Waals surface area contributed by atoms with Gasteiger partial charge in [-0.15, -0.1) is 0 Å². The van der Waals surface area contributed by atoms with Gasteiger partial charge in [0.1, 0.15) is 15.8 Å². The summed E-state index contributed by atoms with van der Waals surface area (Å²) in [6.07, 6.45) is 4.08. The lowest BCUT2D eigenvalue weighted by molar-refractivity contribution is -0.123. The highest BCUT2D eigenvalue weighted by molar-refractivity contribution is 8.26. The molecule has 1 amide bonds. The molecule has 0 spiro atoms. The van der Waals surface area contributed by atoms with Gasteiger partial charge < -0.3 is 4.74 Å². The number of nitrogens with zero attached hydrogens (tertiary/aromatic N) is 3. The Morgan fingerprint density at radius 2 is 2.00 bits per heavy atom. The van der Waals surface area contributed by atoms with E-state index in [2.05, 4.69) is 0 Å². The molecule has 0 N–H and O–H groups in total. The fourth-order valence-electron chi connectivity index (χ4n) is 4.24. The van der Waals surface area contributed by atoms with Crippen molar-refractivity contribution in [2.24, 2.45) is 0 Å². The Morgan fingerprint density at radius 1 is 1.20 bits per heavy atom. The first-order chi connectivity index (χ1) is 16.8. The summed E-state index contributed by atoms with van der Waals surface area (Å²) in [6, 6.07) is 17.0. The number of carbonyl (C=O) groups excluding carboxylic acids is 1. The number of ether oxygens (including phenoxy) is 1. The van der Waals surface area contributed by atoms with Gasteiger partial charge in [0.15, 0.2) is 9.84 Å². The number of hydrogen-bond donors (Lipinski definition) is 0. The monoisotopic (exact) mass is 525 g/mol. The number of aromatic nitrogens is 2. The average molecular weight is 526 g/mol. The number of amides is 1. The number of hydrogen-bond acceptors (Lipinski definition) is 7. The van der Waals surface area contributed by atoms with Crippen LogP contribution >= 0.6 is 24.0 Å². The third-order valence-corrected chi connectivity index (χ3v) is 8.95. The lowest BCUT2D eigenvalue weighted by atomic mass is 10.1. The van der Waals surface area contributed by atoms with E-state index < -0.39 is 15.9 Å². The Labute approximate surface area is 213 Å². The first-order valence-corrected chi connectivity index (χ1v) is 14.2. The van der Waals surface area contributed by atoms with E-state index >= 15 is 0 Å². The van der Waals surface area contributed by atoms with Crippen LogP contribution in [0.4, 0.5) is 0 Å². The van der Waals surface area contributed by atoms with E-state index in [4.69, 9.17) is 22.1 Å². The number of rotatable bonds is 6. The van der Waals surface area contributed by atoms with Crippen LogP contribution in [0.2, 0.25) is 0 Å². The van der Waals surface area contributed by atoms with Crippen LogP contribution < -0.4 is 4.74 Å². The minimum atomic E-state index is -3.14. The van der Waals surface area contributed by atoms with E-state index in [-0.39, 0.29) is 17.4 Å². The molecule has 2 aromatic carbocycles. The van der Waals surface area contributed by atoms with Crippen molar-refractivity contribution >= 4 is 50.1 Å². The van der Waals surface area contributed by atoms with Crippen LogP contribution in [-0.4, -0.2) is 57.5 Å². The maximum atomic E-state index is 13.3. The minimum absolute atomic E-state index is 0.0475. The molecule has 1 aromatic heterocycles. The Bertz CT molecular complexity index is 1430. The minimum Gasteiger partial charge on any atom is -0.494 e. The van der Waals surface area contributed by atoms with Crippen LogP contribution in [0.15, 0.2) is 65.7 Å². The van der Waals surface area contributed by atoms with Gasteiger partial charge in [-0.25, -0.2) is 13.1 Å². The molecule has 0 radical (unpaired) electrons. The highest BCUT2D eigenvalue weighted by atomic mass is 32.2. The Morgan fingerprint density at radius 3 is 2.71 bits per heavy atom. The van der Waals surface area contributed by atoms with E-state index in [0.29, 0.717) is 27.9 Å². The van der Waals surface area contributed by atoms with Gasteiger partial charge >= 0.3 is 0 Å². The third-order valence-electron chi connectivity index (χ3n) is 5.87. The number of benzene rings is 2. The second kappa shape index (κ2) is 9.60. The number of carbonyl (C=O) groups is 1. The molecule has 3 aromatic rings. The number of sulfone groups is 1. The number of thioether (sulfide) groups is 1. The Balaban J connectivity index is 1.55. The third kappa shape index (κ3) is 4.91. The highest BCUT2D eigenvalue weighted by Gasteiger charge is 2.42. The lowest BCUT2D eigenvalue weighted by Crippen LogP contribution is -2.39. The van der Waals surface area contributed by atoms with Gasteiger partial charge in [0.05, 0.1) is 34.7 Å². The van der Waals surface area contributed by atoms with Crippen molar-refractivity contribution in [1.82, 2.24) is 14.7 Å². The van der Waals surface area contributed by atoms with Crippen molar-refractivity contribution in [2.75, 3.05) is 18.1 Å². The molecule has 180 valence electrons. The molecule has 2 aliphatic rings. The van der Waals surface area contributed by atoms with Crippen LogP contribution in [0.1, 0.15) is 18.9 Å². The van der Waals surface area contributed by atoms with E-state index in [0.717, 1.165) is 22.6 Å². The molecule has 0 saturated carbocycles. The largest absolute Gasteiger partial charge is 0.494 e. The summed E-state index contributed by atoms with van der Waals surface area (Å²) in [4.78, 5) is 15.2. The van der Waals surface area contributed by atoms with Crippen LogP contribution in [-0.2, 0) is 14.6 Å². The molecule has 7 nitrogen and oxygen atoms in total. The smallest absolute Gasteiger partial charge is 0.266 e. The van der Waals surface area contributed by atoms with Crippen LogP contribution in [0.3, 0.4) is 0 Å². The molecule has 1 atom stereocenters. The molecule has 2 fully saturated rings. The van der Waals surface area contributed by atoms with Gasteiger partial charge in [0.2, 0.25) is 0 Å². The topological polar surface area (TPSA) is 81.5 Å². The summed E-state index contributed by atoms with van der Waals surface area (Å²) in [5.41, 5.74) is 3.19. The zero-order chi connectivity index (χ0) is 24.6. The Kier molecular flexibility index (Phi) is 6.52. The lowest BCUT2D eigenvalue weighted by Gasteiger charge is -2.20. The quantitative estimate of drug-likeness (QED) is 0.350. The van der Waals surface area contributed by atoms with Gasteiger partial charge in [0.25, 0.3) is 5.91 Å². The highest BCUT2D eigenvalue weighted by Crippen LogP contribution is 2.38. The van der Waals surface area contributed by atoms with Gasteiger partial charge in [-0.05, 0) is 43.7 Å². The predicted octanol–water partition coefficient (Wildman–Crippen LogP) is 4.33. The molecular formula is C25H23N3O4S3. The van der Waals surface area contributed by atoms with Crippen LogP contribution in [0.5, 0.6) is 5.75 Å². The molecule has 10 heteroatoms. The van der Waals surface area contributed by atoms with Crippen LogP contribution in [0.25, 0.3) is 23.0 Å². The Hall–Kier alpha value is -2.95. The molecule has 0 unspecified atom stereocenters. The van der Waals surface area contributed by atoms with Gasteiger partial charge in [-0.1, -0.05) is 54.3 Å². The SMILES string of the molecule is CCOc1cccc(-c2nn(-c3ccccc3)cc2/C=C2\SC(=S)N([C@H]3CCS(=O)(=O)C3)C2=O)c1. The van der Waals surface area contributed by atoms with Crippen LogP contribution in [0, 0.1) is 0 Å². The van der Waals surface area contributed by atoms with E-state index in [1.165, 1.54) is 16.7 Å². The average Bonchev–Trinajstić information content (AvgIpc) is 3.50. The summed E-state index contributed by atoms with van der Waals surface area (Å²) >= 11 is 6.67. The van der Waals surface area contributed by atoms with E-state index in [9.17, 15) is 13.2 Å². The number of para-hydroxylation sites is 1. The van der Waals surface area contributed by atoms with Crippen molar-refractivity contribution in [1.29, 1.82) is 0 Å². The maximum Gasteiger partial charge on any atom is 0.266 e. The zero-order valence-electron chi connectivity index (χ0n) is 19.0. The molecule has 0 aliphatic carbocycles. The normalized spacial score (nSPS) is 20.7. The molecule has 2 saturated heterocycles. The standard InChI is InChI=1S/C25H23N3O4S3/c1-2-32-21-10-6-7-17(13-21)23-18(15-27(26-23)19-8-4-3-5-9-19)14-22-24(29)28(25(33)34-22)20-11-12-35(30,31)16-20/h3-10,13-15,20H,2,11-12,16H2,1H3/b22-14-/t20-/m0/s1. The zero-order valence-corrected chi connectivity index (χ0v) is 21.4. The molecule has 35 heavy (non-hydrogen) atoms. The molecule has 5 rings (SSSR count). The van der Waals surface area contributed by atoms with Crippen molar-refractivity contribution < 1.29 is 17.9 Å². The van der Waals surface area contributed by atoms with Crippen molar-refractivity contribution in [3.8, 4) is 22.7 Å². The van der Waals surface area contributed by atoms with Gasteiger partial charge in [-0.3, -0.25) is 9.69 Å². The summed E-state index contributed by atoms with van der Waals surface area (Å²) < 4.78 is 31.8. The first-order valence-electron chi connectivity index (χ1n) is 11.2. The predicted molar refractivity (Wildman–Crippen MR) is 142 cm³/mol. The van der Waals surface area contributed by atoms with E-state index in [1.54, 1.807) is 10.8 Å². The molecule has 2 aliphatic heterocycles. The van der Waals surface area contributed by atoms with E-state index in [1.807, 2.05) is 67.7 Å². The number of thiocarbonyl (C=S) groups is 1. The summed E-state index contributed by atoms with van der Waals surface area (Å²) in [5, 5.41) is 4.82. The van der Waals surface area contributed by atoms with Gasteiger partial charge in [-0.2, -0.15) is 5.10 Å². The second-order valence-corrected chi connectivity index (χ2v) is 12.2.